The summed E-state index contributed by atoms with van der Waals surface area (Å²) in [6.07, 6.45) is 5.19. The van der Waals surface area contributed by atoms with Gasteiger partial charge in [-0.2, -0.15) is 0 Å². The van der Waals surface area contributed by atoms with Gasteiger partial charge in [-0.1, -0.05) is 19.9 Å². The summed E-state index contributed by atoms with van der Waals surface area (Å²) < 4.78 is 0. The zero-order valence-electron chi connectivity index (χ0n) is 11.8. The average Bonchev–Trinajstić information content (AvgIpc) is 2.93. The normalized spacial score (nSPS) is 23.5. The van der Waals surface area contributed by atoms with Crippen LogP contribution in [-0.4, -0.2) is 22.4 Å². The van der Waals surface area contributed by atoms with Crippen molar-refractivity contribution in [2.75, 3.05) is 6.54 Å². The number of aromatic nitrogens is 2. The number of hydrogen-bond donors (Lipinski definition) is 2. The molecule has 106 valence electrons. The number of rotatable bonds is 5. The van der Waals surface area contributed by atoms with E-state index in [1.165, 1.54) is 4.88 Å². The lowest BCUT2D eigenvalue weighted by Crippen LogP contribution is -2.38. The van der Waals surface area contributed by atoms with Gasteiger partial charge in [0.25, 0.3) is 0 Å². The first-order valence-corrected chi connectivity index (χ1v) is 7.75. The summed E-state index contributed by atoms with van der Waals surface area (Å²) in [7, 11) is 0. The molecule has 1 atom stereocenters. The Kier molecular flexibility index (Phi) is 3.17. The summed E-state index contributed by atoms with van der Waals surface area (Å²) in [5.74, 6) is 1.06. The molecule has 5 heteroatoms. The fourth-order valence-corrected chi connectivity index (χ4v) is 4.04. The molecule has 0 saturated heterocycles. The van der Waals surface area contributed by atoms with Crippen LogP contribution in [0, 0.1) is 5.41 Å². The standard InChI is InChI=1S/C15H19N3OS/c1-14(2)10-15(14,11-4-3-9-20-11)13(19)18-6-5-12-16-7-8-17-12/h3-4,7-9H,5-6,10H2,1-2H3,(H,16,17)(H,18,19)/t15-/m1/s1. The van der Waals surface area contributed by atoms with Crippen LogP contribution in [0.5, 0.6) is 0 Å². The van der Waals surface area contributed by atoms with Crippen molar-refractivity contribution in [3.05, 3.63) is 40.6 Å². The highest BCUT2D eigenvalue weighted by atomic mass is 32.1. The molecule has 1 aliphatic rings. The Balaban J connectivity index is 1.66. The monoisotopic (exact) mass is 289 g/mol. The lowest BCUT2D eigenvalue weighted by Gasteiger charge is -2.18. The van der Waals surface area contributed by atoms with Crippen molar-refractivity contribution in [1.29, 1.82) is 0 Å². The Morgan fingerprint density at radius 1 is 1.55 bits per heavy atom. The third kappa shape index (κ3) is 2.06. The maximum absolute atomic E-state index is 12.6. The van der Waals surface area contributed by atoms with Crippen LogP contribution in [0.15, 0.2) is 29.9 Å². The molecule has 0 spiro atoms. The minimum absolute atomic E-state index is 0.0482. The predicted molar refractivity (Wildman–Crippen MR) is 79.7 cm³/mol. The first kappa shape index (κ1) is 13.4. The Morgan fingerprint density at radius 2 is 2.35 bits per heavy atom. The zero-order chi connectivity index (χ0) is 14.2. The summed E-state index contributed by atoms with van der Waals surface area (Å²) in [6.45, 7) is 4.95. The molecule has 0 aliphatic heterocycles. The minimum Gasteiger partial charge on any atom is -0.355 e. The second kappa shape index (κ2) is 4.74. The lowest BCUT2D eigenvalue weighted by atomic mass is 9.93. The number of nitrogens with one attached hydrogen (secondary N) is 2. The molecule has 2 aromatic heterocycles. The molecule has 1 saturated carbocycles. The van der Waals surface area contributed by atoms with Crippen LogP contribution in [0.25, 0.3) is 0 Å². The number of hydrogen-bond acceptors (Lipinski definition) is 3. The van der Waals surface area contributed by atoms with Crippen LogP contribution in [0.4, 0.5) is 0 Å². The van der Waals surface area contributed by atoms with E-state index >= 15 is 0 Å². The van der Waals surface area contributed by atoms with E-state index in [-0.39, 0.29) is 16.7 Å². The van der Waals surface area contributed by atoms with Crippen molar-refractivity contribution < 1.29 is 4.79 Å². The van der Waals surface area contributed by atoms with Crippen LogP contribution >= 0.6 is 11.3 Å². The predicted octanol–water partition coefficient (Wildman–Crippen LogP) is 2.50. The molecule has 2 heterocycles. The van der Waals surface area contributed by atoms with E-state index in [4.69, 9.17) is 0 Å². The van der Waals surface area contributed by atoms with Crippen LogP contribution in [-0.2, 0) is 16.6 Å². The smallest absolute Gasteiger partial charge is 0.232 e. The van der Waals surface area contributed by atoms with E-state index in [0.717, 1.165) is 18.7 Å². The second-order valence-corrected chi connectivity index (χ2v) is 6.93. The number of aromatic amines is 1. The van der Waals surface area contributed by atoms with Gasteiger partial charge < -0.3 is 10.3 Å². The van der Waals surface area contributed by atoms with Crippen LogP contribution in [0.1, 0.15) is 31.0 Å². The van der Waals surface area contributed by atoms with Gasteiger partial charge in [0.2, 0.25) is 5.91 Å². The molecular formula is C15H19N3OS. The molecule has 1 aliphatic carbocycles. The number of nitrogens with zero attached hydrogens (tertiary/aromatic N) is 1. The zero-order valence-corrected chi connectivity index (χ0v) is 12.6. The number of amides is 1. The topological polar surface area (TPSA) is 57.8 Å². The Labute approximate surface area is 122 Å². The van der Waals surface area contributed by atoms with Gasteiger partial charge in [-0.05, 0) is 23.3 Å². The van der Waals surface area contributed by atoms with E-state index in [0.29, 0.717) is 6.54 Å². The van der Waals surface area contributed by atoms with Gasteiger partial charge >= 0.3 is 0 Å². The number of imidazole rings is 1. The lowest BCUT2D eigenvalue weighted by molar-refractivity contribution is -0.124. The molecule has 0 radical (unpaired) electrons. The maximum Gasteiger partial charge on any atom is 0.232 e. The fourth-order valence-electron chi connectivity index (χ4n) is 2.94. The first-order chi connectivity index (χ1) is 9.56. The van der Waals surface area contributed by atoms with Crippen molar-refractivity contribution >= 4 is 17.2 Å². The van der Waals surface area contributed by atoms with Gasteiger partial charge in [0, 0.05) is 30.2 Å². The Hall–Kier alpha value is -1.62. The summed E-state index contributed by atoms with van der Waals surface area (Å²) in [5, 5.41) is 5.12. The molecule has 2 N–H and O–H groups in total. The summed E-state index contributed by atoms with van der Waals surface area (Å²) in [4.78, 5) is 21.0. The molecule has 1 amide bonds. The molecule has 1 fully saturated rings. The third-order valence-electron chi connectivity index (χ3n) is 4.27. The molecule has 20 heavy (non-hydrogen) atoms. The quantitative estimate of drug-likeness (QED) is 0.888. The number of H-pyrrole nitrogens is 1. The van der Waals surface area contributed by atoms with Gasteiger partial charge in [-0.25, -0.2) is 4.98 Å². The van der Waals surface area contributed by atoms with Gasteiger partial charge in [-0.3, -0.25) is 4.79 Å². The minimum atomic E-state index is -0.329. The van der Waals surface area contributed by atoms with Crippen molar-refractivity contribution in [1.82, 2.24) is 15.3 Å². The van der Waals surface area contributed by atoms with Gasteiger partial charge in [0.1, 0.15) is 5.82 Å². The summed E-state index contributed by atoms with van der Waals surface area (Å²) in [6, 6.07) is 4.10. The fraction of sp³-hybridized carbons (Fsp3) is 0.467. The Bertz CT molecular complexity index is 589. The molecular weight excluding hydrogens is 270 g/mol. The van der Waals surface area contributed by atoms with Gasteiger partial charge in [0.15, 0.2) is 0 Å². The van der Waals surface area contributed by atoms with Crippen molar-refractivity contribution in [3.8, 4) is 0 Å². The van der Waals surface area contributed by atoms with Crippen LogP contribution < -0.4 is 5.32 Å². The van der Waals surface area contributed by atoms with Gasteiger partial charge in [0.05, 0.1) is 5.41 Å². The SMILES string of the molecule is CC1(C)C[C@]1(C(=O)NCCc1ncc[nH]1)c1cccs1. The van der Waals surface area contributed by atoms with Crippen molar-refractivity contribution in [2.24, 2.45) is 5.41 Å². The van der Waals surface area contributed by atoms with E-state index in [9.17, 15) is 4.79 Å². The third-order valence-corrected chi connectivity index (χ3v) is 5.30. The summed E-state index contributed by atoms with van der Waals surface area (Å²) in [5.41, 5.74) is -0.281. The average molecular weight is 289 g/mol. The van der Waals surface area contributed by atoms with E-state index in [2.05, 4.69) is 35.2 Å². The second-order valence-electron chi connectivity index (χ2n) is 5.99. The summed E-state index contributed by atoms with van der Waals surface area (Å²) >= 11 is 1.67. The molecule has 0 unspecified atom stereocenters. The number of thiophene rings is 1. The molecule has 0 bridgehead atoms. The van der Waals surface area contributed by atoms with Crippen LogP contribution in [0.3, 0.4) is 0 Å². The van der Waals surface area contributed by atoms with E-state index in [1.807, 2.05) is 11.4 Å². The number of carbonyl (C=O) groups excluding carboxylic acids is 1. The highest BCUT2D eigenvalue weighted by molar-refractivity contribution is 7.10. The first-order valence-electron chi connectivity index (χ1n) is 6.87. The highest BCUT2D eigenvalue weighted by Gasteiger charge is 2.67. The molecule has 0 aromatic carbocycles. The maximum atomic E-state index is 12.6. The van der Waals surface area contributed by atoms with E-state index in [1.54, 1.807) is 23.7 Å². The van der Waals surface area contributed by atoms with Gasteiger partial charge in [-0.15, -0.1) is 11.3 Å². The molecule has 3 rings (SSSR count). The molecule has 4 nitrogen and oxygen atoms in total. The largest absolute Gasteiger partial charge is 0.355 e. The Morgan fingerprint density at radius 3 is 2.90 bits per heavy atom. The molecule has 2 aromatic rings. The number of carbonyl (C=O) groups is 1. The van der Waals surface area contributed by atoms with Crippen molar-refractivity contribution in [2.45, 2.75) is 32.1 Å². The van der Waals surface area contributed by atoms with E-state index < -0.39 is 0 Å². The van der Waals surface area contributed by atoms with Crippen molar-refractivity contribution in [3.63, 3.8) is 0 Å². The van der Waals surface area contributed by atoms with Crippen LogP contribution in [0.2, 0.25) is 0 Å². The highest BCUT2D eigenvalue weighted by Crippen LogP contribution is 2.65.